The standard InChI is InChI=1S/C19H21ClN2O5S/c1-13(2)22(15-7-5-4-6-8-15)18(23)12-27-19(24)14-9-10-16(20)17(11-14)28(25,26)21-3/h4-11,13,21H,12H2,1-3H3. The first-order valence-corrected chi connectivity index (χ1v) is 10.3. The molecule has 0 fully saturated rings. The third-order valence-electron chi connectivity index (χ3n) is 3.87. The second-order valence-corrected chi connectivity index (χ2v) is 8.38. The van der Waals surface area contributed by atoms with Gasteiger partial charge in [-0.05, 0) is 51.2 Å². The summed E-state index contributed by atoms with van der Waals surface area (Å²) < 4.78 is 31.2. The van der Waals surface area contributed by atoms with E-state index in [4.69, 9.17) is 16.3 Å². The molecule has 2 rings (SSSR count). The molecule has 0 aliphatic carbocycles. The average molecular weight is 425 g/mol. The average Bonchev–Trinajstić information content (AvgIpc) is 2.67. The van der Waals surface area contributed by atoms with Gasteiger partial charge in [0.05, 0.1) is 10.6 Å². The molecule has 28 heavy (non-hydrogen) atoms. The highest BCUT2D eigenvalue weighted by Gasteiger charge is 2.22. The van der Waals surface area contributed by atoms with Gasteiger partial charge in [0.2, 0.25) is 10.0 Å². The van der Waals surface area contributed by atoms with Crippen molar-refractivity contribution in [2.24, 2.45) is 0 Å². The second kappa shape index (κ2) is 9.18. The number of para-hydroxylation sites is 1. The van der Waals surface area contributed by atoms with Crippen LogP contribution in [0.3, 0.4) is 0 Å². The van der Waals surface area contributed by atoms with Crippen molar-refractivity contribution in [3.63, 3.8) is 0 Å². The summed E-state index contributed by atoms with van der Waals surface area (Å²) >= 11 is 5.90. The molecule has 0 atom stereocenters. The van der Waals surface area contributed by atoms with Gasteiger partial charge in [-0.15, -0.1) is 0 Å². The zero-order valence-electron chi connectivity index (χ0n) is 15.7. The highest BCUT2D eigenvalue weighted by molar-refractivity contribution is 7.89. The van der Waals surface area contributed by atoms with E-state index in [1.54, 1.807) is 24.3 Å². The van der Waals surface area contributed by atoms with Crippen LogP contribution in [-0.2, 0) is 19.6 Å². The number of halogens is 1. The highest BCUT2D eigenvalue weighted by atomic mass is 35.5. The molecule has 1 amide bonds. The topological polar surface area (TPSA) is 92.8 Å². The van der Waals surface area contributed by atoms with Crippen LogP contribution in [0.2, 0.25) is 5.02 Å². The number of carbonyl (C=O) groups is 2. The van der Waals surface area contributed by atoms with Crippen molar-refractivity contribution in [2.75, 3.05) is 18.6 Å². The quantitative estimate of drug-likeness (QED) is 0.690. The summed E-state index contributed by atoms with van der Waals surface area (Å²) in [5.74, 6) is -1.22. The van der Waals surface area contributed by atoms with E-state index in [0.717, 1.165) is 6.07 Å². The molecule has 7 nitrogen and oxygen atoms in total. The Bertz CT molecular complexity index is 962. The summed E-state index contributed by atoms with van der Waals surface area (Å²) in [6, 6.07) is 12.6. The fourth-order valence-electron chi connectivity index (χ4n) is 2.55. The predicted octanol–water partition coefficient (Wildman–Crippen LogP) is 2.85. The molecule has 0 aliphatic rings. The molecule has 0 aliphatic heterocycles. The second-order valence-electron chi connectivity index (χ2n) is 6.12. The first-order chi connectivity index (χ1) is 13.2. The van der Waals surface area contributed by atoms with Gasteiger partial charge in [-0.3, -0.25) is 4.79 Å². The van der Waals surface area contributed by atoms with Crippen LogP contribution in [0.4, 0.5) is 5.69 Å². The number of sulfonamides is 1. The van der Waals surface area contributed by atoms with Gasteiger partial charge >= 0.3 is 5.97 Å². The van der Waals surface area contributed by atoms with E-state index in [0.29, 0.717) is 5.69 Å². The van der Waals surface area contributed by atoms with Crippen molar-refractivity contribution in [3.05, 3.63) is 59.1 Å². The monoisotopic (exact) mass is 424 g/mol. The third-order valence-corrected chi connectivity index (χ3v) is 5.77. The molecule has 9 heteroatoms. The Morgan fingerprint density at radius 3 is 2.36 bits per heavy atom. The first kappa shape index (κ1) is 21.9. The van der Waals surface area contributed by atoms with E-state index < -0.39 is 28.5 Å². The van der Waals surface area contributed by atoms with Crippen molar-refractivity contribution in [1.82, 2.24) is 4.72 Å². The maximum absolute atomic E-state index is 12.6. The largest absolute Gasteiger partial charge is 0.452 e. The van der Waals surface area contributed by atoms with Crippen molar-refractivity contribution in [1.29, 1.82) is 0 Å². The Hall–Kier alpha value is -2.42. The van der Waals surface area contributed by atoms with Crippen LogP contribution in [0.15, 0.2) is 53.4 Å². The van der Waals surface area contributed by atoms with Crippen molar-refractivity contribution >= 4 is 39.2 Å². The number of benzene rings is 2. The number of ether oxygens (including phenoxy) is 1. The summed E-state index contributed by atoms with van der Waals surface area (Å²) in [6.45, 7) is 3.21. The molecule has 0 saturated carbocycles. The molecule has 0 saturated heterocycles. The molecule has 0 spiro atoms. The summed E-state index contributed by atoms with van der Waals surface area (Å²) in [5.41, 5.74) is 0.661. The number of anilines is 1. The molecule has 0 radical (unpaired) electrons. The van der Waals surface area contributed by atoms with E-state index in [2.05, 4.69) is 4.72 Å². The summed E-state index contributed by atoms with van der Waals surface area (Å²) in [7, 11) is -2.61. The van der Waals surface area contributed by atoms with E-state index in [1.165, 1.54) is 24.1 Å². The number of nitrogens with zero attached hydrogens (tertiary/aromatic N) is 1. The van der Waals surface area contributed by atoms with Crippen LogP contribution in [-0.4, -0.2) is 40.0 Å². The van der Waals surface area contributed by atoms with Crippen LogP contribution in [0, 0.1) is 0 Å². The number of carbonyl (C=O) groups excluding carboxylic acids is 2. The number of hydrogen-bond acceptors (Lipinski definition) is 5. The minimum Gasteiger partial charge on any atom is -0.452 e. The van der Waals surface area contributed by atoms with Crippen LogP contribution in [0.25, 0.3) is 0 Å². The number of rotatable bonds is 7. The Balaban J connectivity index is 2.15. The predicted molar refractivity (Wildman–Crippen MR) is 107 cm³/mol. The van der Waals surface area contributed by atoms with Gasteiger partial charge in [-0.1, -0.05) is 29.8 Å². The molecule has 2 aromatic carbocycles. The fraction of sp³-hybridized carbons (Fsp3) is 0.263. The normalized spacial score (nSPS) is 11.3. The molecule has 0 bridgehead atoms. The number of hydrogen-bond donors (Lipinski definition) is 1. The Morgan fingerprint density at radius 2 is 1.79 bits per heavy atom. The molecular weight excluding hydrogens is 404 g/mol. The van der Waals surface area contributed by atoms with E-state index >= 15 is 0 Å². The Morgan fingerprint density at radius 1 is 1.14 bits per heavy atom. The van der Waals surface area contributed by atoms with E-state index in [1.807, 2.05) is 19.9 Å². The zero-order valence-corrected chi connectivity index (χ0v) is 17.3. The zero-order chi connectivity index (χ0) is 20.9. The summed E-state index contributed by atoms with van der Waals surface area (Å²) in [6.07, 6.45) is 0. The van der Waals surface area contributed by atoms with Crippen LogP contribution >= 0.6 is 11.6 Å². The van der Waals surface area contributed by atoms with Gasteiger partial charge in [-0.25, -0.2) is 17.9 Å². The molecule has 150 valence electrons. The van der Waals surface area contributed by atoms with Crippen molar-refractivity contribution < 1.29 is 22.7 Å². The molecule has 0 aromatic heterocycles. The number of nitrogens with one attached hydrogen (secondary N) is 1. The van der Waals surface area contributed by atoms with E-state index in [-0.39, 0.29) is 21.5 Å². The summed E-state index contributed by atoms with van der Waals surface area (Å²) in [5, 5.41) is -0.0305. The first-order valence-electron chi connectivity index (χ1n) is 8.44. The molecule has 0 unspecified atom stereocenters. The smallest absolute Gasteiger partial charge is 0.338 e. The van der Waals surface area contributed by atoms with Crippen molar-refractivity contribution in [2.45, 2.75) is 24.8 Å². The lowest BCUT2D eigenvalue weighted by Gasteiger charge is -2.26. The van der Waals surface area contributed by atoms with Gasteiger partial charge in [0.1, 0.15) is 4.90 Å². The lowest BCUT2D eigenvalue weighted by atomic mass is 10.2. The Kier molecular flexibility index (Phi) is 7.17. The van der Waals surface area contributed by atoms with Crippen LogP contribution in [0.5, 0.6) is 0 Å². The lowest BCUT2D eigenvalue weighted by Crippen LogP contribution is -2.39. The molecule has 1 N–H and O–H groups in total. The fourth-order valence-corrected chi connectivity index (χ4v) is 3.79. The number of esters is 1. The van der Waals surface area contributed by atoms with Gasteiger partial charge in [0, 0.05) is 11.7 Å². The van der Waals surface area contributed by atoms with Gasteiger partial charge in [0.15, 0.2) is 6.61 Å². The van der Waals surface area contributed by atoms with Gasteiger partial charge in [-0.2, -0.15) is 0 Å². The van der Waals surface area contributed by atoms with Gasteiger partial charge in [0.25, 0.3) is 5.91 Å². The van der Waals surface area contributed by atoms with Crippen LogP contribution < -0.4 is 9.62 Å². The highest BCUT2D eigenvalue weighted by Crippen LogP contribution is 2.23. The number of amides is 1. The molecule has 0 heterocycles. The maximum Gasteiger partial charge on any atom is 0.338 e. The maximum atomic E-state index is 12.6. The molecule has 2 aromatic rings. The van der Waals surface area contributed by atoms with Crippen molar-refractivity contribution in [3.8, 4) is 0 Å². The summed E-state index contributed by atoms with van der Waals surface area (Å²) in [4.78, 5) is 26.1. The van der Waals surface area contributed by atoms with E-state index in [9.17, 15) is 18.0 Å². The molecular formula is C19H21ClN2O5S. The lowest BCUT2D eigenvalue weighted by molar-refractivity contribution is -0.122. The minimum atomic E-state index is -3.84. The van der Waals surface area contributed by atoms with Crippen LogP contribution in [0.1, 0.15) is 24.2 Å². The SMILES string of the molecule is CNS(=O)(=O)c1cc(C(=O)OCC(=O)N(c2ccccc2)C(C)C)ccc1Cl. The minimum absolute atomic E-state index is 0.0261. The Labute approximate surface area is 169 Å². The van der Waals surface area contributed by atoms with Gasteiger partial charge < -0.3 is 9.64 Å². The third kappa shape index (κ3) is 5.09.